The van der Waals surface area contributed by atoms with Gasteiger partial charge in [-0.15, -0.1) is 0 Å². The zero-order valence-corrected chi connectivity index (χ0v) is 19.1. The van der Waals surface area contributed by atoms with Crippen molar-refractivity contribution in [1.29, 1.82) is 0 Å². The highest BCUT2D eigenvalue weighted by Gasteiger charge is 2.36. The molecule has 1 saturated heterocycles. The second-order valence-corrected chi connectivity index (χ2v) is 12.0. The second kappa shape index (κ2) is 8.55. The van der Waals surface area contributed by atoms with Gasteiger partial charge in [0.1, 0.15) is 0 Å². The molecule has 0 saturated carbocycles. The van der Waals surface area contributed by atoms with Gasteiger partial charge in [-0.05, 0) is 43.2 Å². The van der Waals surface area contributed by atoms with Crippen LogP contribution in [0.5, 0.6) is 0 Å². The standard InChI is InChI=1S/C23H23NO6S2/c1-17-7-9-18(10-8-17)15-24(19-13-14-31(26,27)16-19)23(25)21-11-12-22(30-21)32(28,29)20-5-3-2-4-6-20/h2-12,19H,13-16H2,1H3/t19-/m0/s1. The fourth-order valence-electron chi connectivity index (χ4n) is 3.71. The summed E-state index contributed by atoms with van der Waals surface area (Å²) in [5.41, 5.74) is 1.91. The van der Waals surface area contributed by atoms with Gasteiger partial charge in [0.25, 0.3) is 5.91 Å². The molecule has 32 heavy (non-hydrogen) atoms. The van der Waals surface area contributed by atoms with E-state index in [1.54, 1.807) is 18.2 Å². The zero-order chi connectivity index (χ0) is 22.9. The summed E-state index contributed by atoms with van der Waals surface area (Å²) in [5, 5.41) is -0.332. The maximum absolute atomic E-state index is 13.3. The number of furan rings is 1. The Hall–Kier alpha value is -2.91. The first-order valence-corrected chi connectivity index (χ1v) is 13.4. The highest BCUT2D eigenvalue weighted by atomic mass is 32.2. The highest BCUT2D eigenvalue weighted by molar-refractivity contribution is 7.91. The van der Waals surface area contributed by atoms with E-state index in [4.69, 9.17) is 4.42 Å². The van der Waals surface area contributed by atoms with Gasteiger partial charge in [-0.25, -0.2) is 16.8 Å². The molecule has 1 amide bonds. The Morgan fingerprint density at radius 2 is 1.72 bits per heavy atom. The van der Waals surface area contributed by atoms with Crippen LogP contribution in [0.15, 0.2) is 81.1 Å². The zero-order valence-electron chi connectivity index (χ0n) is 17.5. The van der Waals surface area contributed by atoms with E-state index in [1.807, 2.05) is 31.2 Å². The lowest BCUT2D eigenvalue weighted by atomic mass is 10.1. The minimum absolute atomic E-state index is 0.0150. The lowest BCUT2D eigenvalue weighted by molar-refractivity contribution is 0.0642. The SMILES string of the molecule is Cc1ccc(CN(C(=O)c2ccc(S(=O)(=O)c3ccccc3)o2)[C@H]2CCS(=O)(=O)C2)cc1. The molecule has 0 N–H and O–H groups in total. The fraction of sp³-hybridized carbons (Fsp3) is 0.261. The summed E-state index contributed by atoms with van der Waals surface area (Å²) in [4.78, 5) is 14.9. The van der Waals surface area contributed by atoms with Crippen molar-refractivity contribution in [2.75, 3.05) is 11.5 Å². The highest BCUT2D eigenvalue weighted by Crippen LogP contribution is 2.26. The minimum atomic E-state index is -3.91. The summed E-state index contributed by atoms with van der Waals surface area (Å²) in [6.07, 6.45) is 0.329. The molecule has 4 rings (SSSR count). The number of amides is 1. The van der Waals surface area contributed by atoms with E-state index in [1.165, 1.54) is 29.2 Å². The summed E-state index contributed by atoms with van der Waals surface area (Å²) in [6, 6.07) is 17.5. The van der Waals surface area contributed by atoms with Crippen LogP contribution in [0.1, 0.15) is 28.1 Å². The van der Waals surface area contributed by atoms with E-state index in [0.29, 0.717) is 6.42 Å². The van der Waals surface area contributed by atoms with Gasteiger partial charge in [0.05, 0.1) is 16.4 Å². The van der Waals surface area contributed by atoms with Crippen LogP contribution in [0.3, 0.4) is 0 Å². The molecule has 3 aromatic rings. The molecule has 7 nitrogen and oxygen atoms in total. The Bertz CT molecular complexity index is 1330. The average Bonchev–Trinajstić information content (AvgIpc) is 3.41. The summed E-state index contributed by atoms with van der Waals surface area (Å²) < 4.78 is 55.2. The molecule has 0 radical (unpaired) electrons. The maximum atomic E-state index is 13.3. The third kappa shape index (κ3) is 4.63. The third-order valence-electron chi connectivity index (χ3n) is 5.49. The Morgan fingerprint density at radius 1 is 1.03 bits per heavy atom. The first kappa shape index (κ1) is 22.3. The van der Waals surface area contributed by atoms with Crippen molar-refractivity contribution in [2.45, 2.75) is 35.9 Å². The first-order chi connectivity index (χ1) is 15.2. The van der Waals surface area contributed by atoms with E-state index >= 15 is 0 Å². The summed E-state index contributed by atoms with van der Waals surface area (Å²) >= 11 is 0. The largest absolute Gasteiger partial charge is 0.439 e. The van der Waals surface area contributed by atoms with Crippen molar-refractivity contribution in [1.82, 2.24) is 4.90 Å². The number of sulfone groups is 2. The molecule has 168 valence electrons. The number of nitrogens with zero attached hydrogens (tertiary/aromatic N) is 1. The first-order valence-electron chi connectivity index (χ1n) is 10.1. The molecule has 2 aromatic carbocycles. The van der Waals surface area contributed by atoms with Crippen molar-refractivity contribution in [3.8, 4) is 0 Å². The molecule has 0 bridgehead atoms. The number of carbonyl (C=O) groups excluding carboxylic acids is 1. The van der Waals surface area contributed by atoms with Gasteiger partial charge in [-0.3, -0.25) is 4.79 Å². The van der Waals surface area contributed by atoms with Crippen molar-refractivity contribution >= 4 is 25.6 Å². The Morgan fingerprint density at radius 3 is 2.34 bits per heavy atom. The topological polar surface area (TPSA) is 102 Å². The monoisotopic (exact) mass is 473 g/mol. The molecule has 1 aromatic heterocycles. The van der Waals surface area contributed by atoms with Crippen LogP contribution in [0.25, 0.3) is 0 Å². The molecule has 9 heteroatoms. The van der Waals surface area contributed by atoms with Crippen LogP contribution in [0, 0.1) is 6.92 Å². The number of carbonyl (C=O) groups is 1. The van der Waals surface area contributed by atoms with Crippen LogP contribution in [0.4, 0.5) is 0 Å². The number of rotatable bonds is 6. The molecule has 1 atom stereocenters. The molecule has 0 spiro atoms. The summed E-state index contributed by atoms with van der Waals surface area (Å²) in [7, 11) is -7.14. The molecule has 2 heterocycles. The summed E-state index contributed by atoms with van der Waals surface area (Å²) in [6.45, 7) is 2.15. The predicted octanol–water partition coefficient (Wildman–Crippen LogP) is 3.25. The quantitative estimate of drug-likeness (QED) is 0.545. The predicted molar refractivity (Wildman–Crippen MR) is 119 cm³/mol. The number of benzene rings is 2. The number of aryl methyl sites for hydroxylation is 1. The molecule has 0 unspecified atom stereocenters. The van der Waals surface area contributed by atoms with Crippen LogP contribution >= 0.6 is 0 Å². The second-order valence-electron chi connectivity index (χ2n) is 7.91. The molecule has 0 aliphatic carbocycles. The van der Waals surface area contributed by atoms with Crippen LogP contribution in [0.2, 0.25) is 0 Å². The van der Waals surface area contributed by atoms with Gasteiger partial charge in [-0.1, -0.05) is 48.0 Å². The lowest BCUT2D eigenvalue weighted by Crippen LogP contribution is -2.40. The van der Waals surface area contributed by atoms with Crippen molar-refractivity contribution in [3.05, 3.63) is 83.6 Å². The van der Waals surface area contributed by atoms with Gasteiger partial charge in [0, 0.05) is 12.6 Å². The fourth-order valence-corrected chi connectivity index (χ4v) is 6.64. The minimum Gasteiger partial charge on any atom is -0.439 e. The Kier molecular flexibility index (Phi) is 5.96. The third-order valence-corrected chi connectivity index (χ3v) is 8.89. The van der Waals surface area contributed by atoms with E-state index < -0.39 is 31.6 Å². The van der Waals surface area contributed by atoms with Crippen molar-refractivity contribution in [3.63, 3.8) is 0 Å². The van der Waals surface area contributed by atoms with Gasteiger partial charge in [0.2, 0.25) is 14.9 Å². The van der Waals surface area contributed by atoms with Crippen molar-refractivity contribution < 1.29 is 26.0 Å². The van der Waals surface area contributed by atoms with E-state index in [0.717, 1.165) is 11.1 Å². The van der Waals surface area contributed by atoms with Crippen LogP contribution in [-0.2, 0) is 26.2 Å². The van der Waals surface area contributed by atoms with Gasteiger partial charge in [0.15, 0.2) is 15.6 Å². The van der Waals surface area contributed by atoms with Gasteiger partial charge < -0.3 is 9.32 Å². The number of hydrogen-bond donors (Lipinski definition) is 0. The van der Waals surface area contributed by atoms with Crippen LogP contribution in [-0.4, -0.2) is 45.2 Å². The Labute approximate surface area is 187 Å². The average molecular weight is 474 g/mol. The molecular weight excluding hydrogens is 450 g/mol. The van der Waals surface area contributed by atoms with Gasteiger partial charge >= 0.3 is 0 Å². The summed E-state index contributed by atoms with van der Waals surface area (Å²) in [5.74, 6) is -0.792. The smallest absolute Gasteiger partial charge is 0.290 e. The molecule has 1 aliphatic rings. The van der Waals surface area contributed by atoms with Crippen LogP contribution < -0.4 is 0 Å². The molecule has 1 fully saturated rings. The van der Waals surface area contributed by atoms with Crippen molar-refractivity contribution in [2.24, 2.45) is 0 Å². The maximum Gasteiger partial charge on any atom is 0.290 e. The van der Waals surface area contributed by atoms with E-state index in [-0.39, 0.29) is 33.8 Å². The Balaban J connectivity index is 1.65. The normalized spacial score (nSPS) is 17.8. The van der Waals surface area contributed by atoms with Gasteiger partial charge in [-0.2, -0.15) is 0 Å². The molecule has 1 aliphatic heterocycles. The molecular formula is C23H23NO6S2. The van der Waals surface area contributed by atoms with E-state index in [2.05, 4.69) is 0 Å². The number of hydrogen-bond acceptors (Lipinski definition) is 6. The van der Waals surface area contributed by atoms with E-state index in [9.17, 15) is 21.6 Å². The lowest BCUT2D eigenvalue weighted by Gasteiger charge is -2.27.